The summed E-state index contributed by atoms with van der Waals surface area (Å²) in [7, 11) is 0. The van der Waals surface area contributed by atoms with Gasteiger partial charge in [-0.05, 0) is 30.3 Å². The summed E-state index contributed by atoms with van der Waals surface area (Å²) in [5, 5.41) is 15.0. The van der Waals surface area contributed by atoms with E-state index in [4.69, 9.17) is 5.73 Å². The highest BCUT2D eigenvalue weighted by Crippen LogP contribution is 2.30. The van der Waals surface area contributed by atoms with Crippen LogP contribution in [0.3, 0.4) is 0 Å². The van der Waals surface area contributed by atoms with E-state index < -0.39 is 4.92 Å². The molecule has 0 atom stereocenters. The quantitative estimate of drug-likeness (QED) is 0.435. The summed E-state index contributed by atoms with van der Waals surface area (Å²) in [4.78, 5) is 14.7. The lowest BCUT2D eigenvalue weighted by molar-refractivity contribution is -0.383. The van der Waals surface area contributed by atoms with Gasteiger partial charge in [-0.15, -0.1) is 0 Å². The molecule has 0 fully saturated rings. The molecular formula is C15H12N4O2. The molecule has 0 saturated carbocycles. The minimum atomic E-state index is -0.428. The van der Waals surface area contributed by atoms with Gasteiger partial charge in [-0.1, -0.05) is 12.1 Å². The number of nitrogens with zero attached hydrogens (tertiary/aromatic N) is 2. The Bertz CT molecular complexity index is 816. The molecular weight excluding hydrogens is 268 g/mol. The molecule has 0 aliphatic heterocycles. The van der Waals surface area contributed by atoms with Crippen LogP contribution in [-0.4, -0.2) is 9.91 Å². The summed E-state index contributed by atoms with van der Waals surface area (Å²) in [5.41, 5.74) is 8.29. The maximum atomic E-state index is 11.1. The van der Waals surface area contributed by atoms with Gasteiger partial charge in [0.2, 0.25) is 0 Å². The van der Waals surface area contributed by atoms with Gasteiger partial charge in [0, 0.05) is 34.7 Å². The molecule has 21 heavy (non-hydrogen) atoms. The summed E-state index contributed by atoms with van der Waals surface area (Å²) >= 11 is 0. The summed E-state index contributed by atoms with van der Waals surface area (Å²) in [6.45, 7) is 0. The molecule has 0 radical (unpaired) electrons. The molecule has 0 saturated heterocycles. The van der Waals surface area contributed by atoms with Crippen LogP contribution in [0.1, 0.15) is 0 Å². The van der Waals surface area contributed by atoms with Gasteiger partial charge in [0.1, 0.15) is 5.52 Å². The number of hydrogen-bond acceptors (Lipinski definition) is 5. The molecule has 3 aromatic rings. The fourth-order valence-electron chi connectivity index (χ4n) is 2.14. The third-order valence-electron chi connectivity index (χ3n) is 3.14. The monoisotopic (exact) mass is 280 g/mol. The lowest BCUT2D eigenvalue weighted by Gasteiger charge is -2.09. The Morgan fingerprint density at radius 1 is 1.10 bits per heavy atom. The Kier molecular flexibility index (Phi) is 3.12. The van der Waals surface area contributed by atoms with Gasteiger partial charge in [0.25, 0.3) is 5.69 Å². The predicted octanol–water partition coefficient (Wildman–Crippen LogP) is 3.47. The second-order valence-electron chi connectivity index (χ2n) is 4.54. The maximum absolute atomic E-state index is 11.1. The highest BCUT2D eigenvalue weighted by molar-refractivity contribution is 5.97. The molecule has 0 unspecified atom stereocenters. The third-order valence-corrected chi connectivity index (χ3v) is 3.14. The summed E-state index contributed by atoms with van der Waals surface area (Å²) < 4.78 is 0. The number of nitrogens with one attached hydrogen (secondary N) is 1. The van der Waals surface area contributed by atoms with Crippen LogP contribution < -0.4 is 11.1 Å². The van der Waals surface area contributed by atoms with Crippen LogP contribution in [0.4, 0.5) is 22.7 Å². The van der Waals surface area contributed by atoms with Crippen LogP contribution in [0.2, 0.25) is 0 Å². The van der Waals surface area contributed by atoms with Crippen molar-refractivity contribution in [3.05, 3.63) is 64.8 Å². The average molecular weight is 280 g/mol. The van der Waals surface area contributed by atoms with Crippen molar-refractivity contribution in [1.82, 2.24) is 4.98 Å². The molecule has 3 N–H and O–H groups in total. The zero-order valence-electron chi connectivity index (χ0n) is 11.0. The van der Waals surface area contributed by atoms with E-state index >= 15 is 0 Å². The first-order chi connectivity index (χ1) is 10.1. The first kappa shape index (κ1) is 12.9. The van der Waals surface area contributed by atoms with E-state index in [0.29, 0.717) is 16.6 Å². The first-order valence-corrected chi connectivity index (χ1v) is 6.30. The number of anilines is 3. The molecule has 0 aliphatic rings. The number of fused-ring (bicyclic) bond motifs is 1. The number of nitro benzene ring substituents is 1. The number of hydrogen-bond donors (Lipinski definition) is 2. The summed E-state index contributed by atoms with van der Waals surface area (Å²) in [6.07, 6.45) is 1.55. The highest BCUT2D eigenvalue weighted by Gasteiger charge is 2.14. The fraction of sp³-hybridized carbons (Fsp3) is 0. The molecule has 6 nitrogen and oxygen atoms in total. The van der Waals surface area contributed by atoms with Crippen LogP contribution in [-0.2, 0) is 0 Å². The minimum absolute atomic E-state index is 0.00606. The predicted molar refractivity (Wildman–Crippen MR) is 82.5 cm³/mol. The van der Waals surface area contributed by atoms with Crippen molar-refractivity contribution in [3.8, 4) is 0 Å². The van der Waals surface area contributed by atoms with Gasteiger partial charge >= 0.3 is 0 Å². The van der Waals surface area contributed by atoms with Crippen LogP contribution in [0, 0.1) is 10.1 Å². The van der Waals surface area contributed by atoms with Gasteiger partial charge in [-0.2, -0.15) is 0 Å². The Morgan fingerprint density at radius 3 is 2.57 bits per heavy atom. The number of aromatic nitrogens is 1. The standard InChI is InChI=1S/C15H12N4O2/c16-10-4-6-11(7-5-10)18-13-8-9-17-15-12(13)2-1-3-14(15)19(20)21/h1-9H,16H2,(H,17,18). The molecule has 1 aromatic heterocycles. The van der Waals surface area contributed by atoms with E-state index in [1.807, 2.05) is 12.1 Å². The highest BCUT2D eigenvalue weighted by atomic mass is 16.6. The van der Waals surface area contributed by atoms with E-state index in [1.54, 1.807) is 36.5 Å². The van der Waals surface area contributed by atoms with Gasteiger partial charge in [-0.25, -0.2) is 4.98 Å². The lowest BCUT2D eigenvalue weighted by Crippen LogP contribution is -1.96. The molecule has 6 heteroatoms. The van der Waals surface area contributed by atoms with E-state index in [-0.39, 0.29) is 5.69 Å². The molecule has 104 valence electrons. The van der Waals surface area contributed by atoms with Crippen LogP contribution in [0.25, 0.3) is 10.9 Å². The first-order valence-electron chi connectivity index (χ1n) is 6.30. The molecule has 1 heterocycles. The number of pyridine rings is 1. The number of nitro groups is 1. The Morgan fingerprint density at radius 2 is 1.86 bits per heavy atom. The van der Waals surface area contributed by atoms with Gasteiger partial charge in [-0.3, -0.25) is 10.1 Å². The second kappa shape index (κ2) is 5.09. The number of rotatable bonds is 3. The van der Waals surface area contributed by atoms with Gasteiger partial charge in [0.05, 0.1) is 4.92 Å². The van der Waals surface area contributed by atoms with E-state index in [0.717, 1.165) is 11.4 Å². The third kappa shape index (κ3) is 2.46. The smallest absolute Gasteiger partial charge is 0.295 e. The molecule has 0 amide bonds. The summed E-state index contributed by atoms with van der Waals surface area (Å²) in [5.74, 6) is 0. The molecule has 3 rings (SSSR count). The van der Waals surface area contributed by atoms with Crippen molar-refractivity contribution in [3.63, 3.8) is 0 Å². The van der Waals surface area contributed by atoms with Crippen LogP contribution >= 0.6 is 0 Å². The van der Waals surface area contributed by atoms with Gasteiger partial charge < -0.3 is 11.1 Å². The molecule has 0 spiro atoms. The number of non-ortho nitro benzene ring substituents is 1. The number of nitrogens with two attached hydrogens (primary N) is 1. The average Bonchev–Trinajstić information content (AvgIpc) is 2.49. The SMILES string of the molecule is Nc1ccc(Nc2ccnc3c([N+](=O)[O-])cccc23)cc1. The van der Waals surface area contributed by atoms with E-state index in [9.17, 15) is 10.1 Å². The molecule has 0 bridgehead atoms. The van der Waals surface area contributed by atoms with Crippen molar-refractivity contribution in [2.45, 2.75) is 0 Å². The zero-order chi connectivity index (χ0) is 14.8. The van der Waals surface area contributed by atoms with Crippen LogP contribution in [0.15, 0.2) is 54.7 Å². The topological polar surface area (TPSA) is 94.1 Å². The largest absolute Gasteiger partial charge is 0.399 e. The molecule has 0 aliphatic carbocycles. The summed E-state index contributed by atoms with van der Waals surface area (Å²) in [6, 6.07) is 13.9. The number of nitrogen functional groups attached to an aromatic ring is 1. The van der Waals surface area contributed by atoms with E-state index in [2.05, 4.69) is 10.3 Å². The Labute approximate surface area is 120 Å². The van der Waals surface area contributed by atoms with Crippen molar-refractivity contribution >= 4 is 33.7 Å². The van der Waals surface area contributed by atoms with E-state index in [1.165, 1.54) is 6.07 Å². The van der Waals surface area contributed by atoms with Crippen molar-refractivity contribution < 1.29 is 4.92 Å². The molecule has 2 aromatic carbocycles. The Balaban J connectivity index is 2.09. The van der Waals surface area contributed by atoms with Crippen molar-refractivity contribution in [2.75, 3.05) is 11.1 Å². The fourth-order valence-corrected chi connectivity index (χ4v) is 2.14. The number of benzene rings is 2. The number of para-hydroxylation sites is 1. The second-order valence-corrected chi connectivity index (χ2v) is 4.54. The maximum Gasteiger partial charge on any atom is 0.295 e. The zero-order valence-corrected chi connectivity index (χ0v) is 11.0. The Hall–Kier alpha value is -3.15. The lowest BCUT2D eigenvalue weighted by atomic mass is 10.1. The van der Waals surface area contributed by atoms with Crippen molar-refractivity contribution in [2.24, 2.45) is 0 Å². The van der Waals surface area contributed by atoms with Crippen LogP contribution in [0.5, 0.6) is 0 Å². The van der Waals surface area contributed by atoms with Crippen molar-refractivity contribution in [1.29, 1.82) is 0 Å². The van der Waals surface area contributed by atoms with Gasteiger partial charge in [0.15, 0.2) is 0 Å². The normalized spacial score (nSPS) is 10.5. The minimum Gasteiger partial charge on any atom is -0.399 e.